The Morgan fingerprint density at radius 2 is 1.89 bits per heavy atom. The van der Waals surface area contributed by atoms with Gasteiger partial charge in [0.2, 0.25) is 0 Å². The number of hydrogen-bond acceptors (Lipinski definition) is 3. The monoisotopic (exact) mass is 244 g/mol. The van der Waals surface area contributed by atoms with Crippen molar-refractivity contribution in [3.63, 3.8) is 0 Å². The average molecular weight is 244 g/mol. The normalized spacial score (nSPS) is 10.8. The van der Waals surface area contributed by atoms with Crippen LogP contribution in [0.3, 0.4) is 0 Å². The number of aryl methyl sites for hydroxylation is 2. The van der Waals surface area contributed by atoms with Crippen LogP contribution in [0.25, 0.3) is 0 Å². The van der Waals surface area contributed by atoms with Gasteiger partial charge in [0.1, 0.15) is 12.2 Å². The van der Waals surface area contributed by atoms with Gasteiger partial charge >= 0.3 is 0 Å². The van der Waals surface area contributed by atoms with Crippen LogP contribution in [0.1, 0.15) is 23.9 Å². The van der Waals surface area contributed by atoms with Gasteiger partial charge in [-0.1, -0.05) is 31.2 Å². The molecule has 1 aromatic carbocycles. The largest absolute Gasteiger partial charge is 0.321 e. The third-order valence-electron chi connectivity index (χ3n) is 3.09. The first-order chi connectivity index (χ1) is 8.79. The number of rotatable bonds is 6. The standard InChI is InChI=1S/C14H20N4/c1-3-12-4-6-13(7-5-12)10-15-9-8-14-17-16-11-18(14)2/h4-7,11,15H,3,8-10H2,1-2H3. The summed E-state index contributed by atoms with van der Waals surface area (Å²) < 4.78 is 1.96. The molecule has 96 valence electrons. The van der Waals surface area contributed by atoms with Gasteiger partial charge in [0.15, 0.2) is 0 Å². The van der Waals surface area contributed by atoms with Crippen molar-refractivity contribution in [2.75, 3.05) is 6.54 Å². The highest BCUT2D eigenvalue weighted by Crippen LogP contribution is 2.04. The van der Waals surface area contributed by atoms with Crippen LogP contribution in [-0.2, 0) is 26.4 Å². The molecule has 18 heavy (non-hydrogen) atoms. The number of benzene rings is 1. The van der Waals surface area contributed by atoms with Crippen LogP contribution in [0.4, 0.5) is 0 Å². The molecule has 2 aromatic rings. The number of aromatic nitrogens is 3. The van der Waals surface area contributed by atoms with Crippen molar-refractivity contribution in [1.29, 1.82) is 0 Å². The van der Waals surface area contributed by atoms with Gasteiger partial charge in [-0.2, -0.15) is 0 Å². The molecule has 1 heterocycles. The molecule has 0 atom stereocenters. The van der Waals surface area contributed by atoms with Crippen LogP contribution in [0.5, 0.6) is 0 Å². The molecule has 0 fully saturated rings. The quantitative estimate of drug-likeness (QED) is 0.787. The molecule has 2 rings (SSSR count). The van der Waals surface area contributed by atoms with E-state index in [2.05, 4.69) is 46.7 Å². The molecule has 0 aliphatic carbocycles. The molecule has 0 radical (unpaired) electrons. The second-order valence-electron chi connectivity index (χ2n) is 4.45. The van der Waals surface area contributed by atoms with E-state index in [-0.39, 0.29) is 0 Å². The highest BCUT2D eigenvalue weighted by molar-refractivity contribution is 5.22. The van der Waals surface area contributed by atoms with Crippen molar-refractivity contribution in [2.45, 2.75) is 26.3 Å². The lowest BCUT2D eigenvalue weighted by atomic mass is 10.1. The maximum atomic E-state index is 4.06. The summed E-state index contributed by atoms with van der Waals surface area (Å²) in [5.74, 6) is 1.02. The lowest BCUT2D eigenvalue weighted by Crippen LogP contribution is -2.18. The molecule has 0 saturated heterocycles. The predicted molar refractivity (Wildman–Crippen MR) is 72.2 cm³/mol. The third-order valence-corrected chi connectivity index (χ3v) is 3.09. The number of nitrogens with zero attached hydrogens (tertiary/aromatic N) is 3. The fourth-order valence-corrected chi connectivity index (χ4v) is 1.86. The predicted octanol–water partition coefficient (Wildman–Crippen LogP) is 1.71. The molecule has 1 N–H and O–H groups in total. The maximum absolute atomic E-state index is 4.06. The van der Waals surface area contributed by atoms with Gasteiger partial charge in [-0.05, 0) is 17.5 Å². The molecule has 0 amide bonds. The number of hydrogen-bond donors (Lipinski definition) is 1. The second-order valence-corrected chi connectivity index (χ2v) is 4.45. The van der Waals surface area contributed by atoms with Crippen molar-refractivity contribution in [3.05, 3.63) is 47.5 Å². The Morgan fingerprint density at radius 1 is 1.17 bits per heavy atom. The molecule has 0 bridgehead atoms. The minimum absolute atomic E-state index is 0.905. The van der Waals surface area contributed by atoms with E-state index in [1.165, 1.54) is 11.1 Å². The Hall–Kier alpha value is -1.68. The van der Waals surface area contributed by atoms with E-state index >= 15 is 0 Å². The fourth-order valence-electron chi connectivity index (χ4n) is 1.86. The molecule has 1 aromatic heterocycles. The zero-order chi connectivity index (χ0) is 12.8. The zero-order valence-corrected chi connectivity index (χ0v) is 11.1. The Bertz CT molecular complexity index is 473. The highest BCUT2D eigenvalue weighted by Gasteiger charge is 1.99. The summed E-state index contributed by atoms with van der Waals surface area (Å²) in [5.41, 5.74) is 2.71. The lowest BCUT2D eigenvalue weighted by molar-refractivity contribution is 0.653. The van der Waals surface area contributed by atoms with Gasteiger partial charge in [0, 0.05) is 26.6 Å². The first kappa shape index (κ1) is 12.8. The zero-order valence-electron chi connectivity index (χ0n) is 11.1. The second kappa shape index (κ2) is 6.31. The molecule has 0 aliphatic heterocycles. The van der Waals surface area contributed by atoms with Crippen LogP contribution >= 0.6 is 0 Å². The Morgan fingerprint density at radius 3 is 2.50 bits per heavy atom. The van der Waals surface area contributed by atoms with Crippen molar-refractivity contribution >= 4 is 0 Å². The highest BCUT2D eigenvalue weighted by atomic mass is 15.2. The molecular weight excluding hydrogens is 224 g/mol. The Kier molecular flexibility index (Phi) is 4.47. The van der Waals surface area contributed by atoms with E-state index in [9.17, 15) is 0 Å². The van der Waals surface area contributed by atoms with E-state index in [0.29, 0.717) is 0 Å². The summed E-state index contributed by atoms with van der Waals surface area (Å²) in [4.78, 5) is 0. The van der Waals surface area contributed by atoms with E-state index in [0.717, 1.165) is 31.8 Å². The van der Waals surface area contributed by atoms with Crippen molar-refractivity contribution in [2.24, 2.45) is 7.05 Å². The van der Waals surface area contributed by atoms with Crippen LogP contribution in [0.15, 0.2) is 30.6 Å². The van der Waals surface area contributed by atoms with E-state index < -0.39 is 0 Å². The van der Waals surface area contributed by atoms with Crippen molar-refractivity contribution in [1.82, 2.24) is 20.1 Å². The Balaban J connectivity index is 1.73. The topological polar surface area (TPSA) is 42.7 Å². The van der Waals surface area contributed by atoms with Gasteiger partial charge in [-0.3, -0.25) is 0 Å². The minimum atomic E-state index is 0.905. The lowest BCUT2D eigenvalue weighted by Gasteiger charge is -2.05. The van der Waals surface area contributed by atoms with Gasteiger partial charge in [0.25, 0.3) is 0 Å². The Labute approximate surface area is 108 Å². The minimum Gasteiger partial charge on any atom is -0.321 e. The molecule has 0 spiro atoms. The molecule has 0 unspecified atom stereocenters. The van der Waals surface area contributed by atoms with E-state index in [4.69, 9.17) is 0 Å². The molecule has 0 aliphatic rings. The average Bonchev–Trinajstić information content (AvgIpc) is 2.81. The van der Waals surface area contributed by atoms with Crippen LogP contribution in [0, 0.1) is 0 Å². The van der Waals surface area contributed by atoms with Crippen LogP contribution in [-0.4, -0.2) is 21.3 Å². The first-order valence-electron chi connectivity index (χ1n) is 6.41. The SMILES string of the molecule is CCc1ccc(CNCCc2nncn2C)cc1. The summed E-state index contributed by atoms with van der Waals surface area (Å²) in [6, 6.07) is 8.77. The van der Waals surface area contributed by atoms with Crippen molar-refractivity contribution < 1.29 is 0 Å². The van der Waals surface area contributed by atoms with Gasteiger partial charge < -0.3 is 9.88 Å². The molecule has 0 saturated carbocycles. The third kappa shape index (κ3) is 3.40. The summed E-state index contributed by atoms with van der Waals surface area (Å²) >= 11 is 0. The summed E-state index contributed by atoms with van der Waals surface area (Å²) in [5, 5.41) is 11.3. The van der Waals surface area contributed by atoms with Crippen LogP contribution in [0.2, 0.25) is 0 Å². The van der Waals surface area contributed by atoms with Gasteiger partial charge in [-0.25, -0.2) is 0 Å². The smallest absolute Gasteiger partial charge is 0.133 e. The van der Waals surface area contributed by atoms with Crippen molar-refractivity contribution in [3.8, 4) is 0 Å². The summed E-state index contributed by atoms with van der Waals surface area (Å²) in [6.45, 7) is 4.00. The van der Waals surface area contributed by atoms with E-state index in [1.54, 1.807) is 6.33 Å². The summed E-state index contributed by atoms with van der Waals surface area (Å²) in [7, 11) is 1.97. The molecular formula is C14H20N4. The van der Waals surface area contributed by atoms with E-state index in [1.807, 2.05) is 11.6 Å². The molecule has 4 heteroatoms. The van der Waals surface area contributed by atoms with Gasteiger partial charge in [0.05, 0.1) is 0 Å². The van der Waals surface area contributed by atoms with Crippen LogP contribution < -0.4 is 5.32 Å². The first-order valence-corrected chi connectivity index (χ1v) is 6.41. The number of nitrogens with one attached hydrogen (secondary N) is 1. The summed E-state index contributed by atoms with van der Waals surface area (Å²) in [6.07, 6.45) is 3.74. The fraction of sp³-hybridized carbons (Fsp3) is 0.429. The maximum Gasteiger partial charge on any atom is 0.133 e. The van der Waals surface area contributed by atoms with Gasteiger partial charge in [-0.15, -0.1) is 10.2 Å². The molecule has 4 nitrogen and oxygen atoms in total.